The van der Waals surface area contributed by atoms with Gasteiger partial charge in [0.2, 0.25) is 0 Å². The van der Waals surface area contributed by atoms with E-state index in [9.17, 15) is 4.79 Å². The number of H-pyrrole nitrogens is 1. The molecule has 0 aliphatic heterocycles. The van der Waals surface area contributed by atoms with Crippen LogP contribution in [0.15, 0.2) is 0 Å². The summed E-state index contributed by atoms with van der Waals surface area (Å²) in [6.07, 6.45) is 6.19. The van der Waals surface area contributed by atoms with E-state index in [2.05, 4.69) is 22.1 Å². The molecule has 0 spiro atoms. The van der Waals surface area contributed by atoms with E-state index in [0.29, 0.717) is 5.82 Å². The molecule has 0 bridgehead atoms. The van der Waals surface area contributed by atoms with Crippen LogP contribution in [0, 0.1) is 0 Å². The van der Waals surface area contributed by atoms with Gasteiger partial charge in [0.25, 0.3) is 0 Å². The number of imidazole rings is 1. The maximum Gasteiger partial charge on any atom is 0.195 e. The molecule has 0 aromatic carbocycles. The monoisotopic (exact) mass is 162 g/mol. The van der Waals surface area contributed by atoms with Gasteiger partial charge in [0.1, 0.15) is 0 Å². The number of carbonyl (C=O) groups is 1. The summed E-state index contributed by atoms with van der Waals surface area (Å²) in [7, 11) is 0. The molecule has 3 nitrogen and oxygen atoms in total. The maximum absolute atomic E-state index is 10.9. The lowest BCUT2D eigenvalue weighted by molar-refractivity contribution is 0.100. The minimum absolute atomic E-state index is 0.00815. The highest BCUT2D eigenvalue weighted by Gasteiger charge is 2.04. The molecule has 0 unspecified atom stereocenters. The van der Waals surface area contributed by atoms with Crippen molar-refractivity contribution in [3.05, 3.63) is 16.5 Å². The molecule has 1 aromatic heterocycles. The molecule has 0 fully saturated rings. The number of fused-ring (bicyclic) bond motifs is 1. The van der Waals surface area contributed by atoms with Crippen LogP contribution >= 0.6 is 0 Å². The number of hydrogen-bond donors (Lipinski definition) is 1. The van der Waals surface area contributed by atoms with Crippen molar-refractivity contribution >= 4 is 17.9 Å². The third-order valence-corrected chi connectivity index (χ3v) is 1.95. The molecular weight excluding hydrogens is 152 g/mol. The van der Waals surface area contributed by atoms with Crippen molar-refractivity contribution in [3.63, 3.8) is 0 Å². The topological polar surface area (TPSA) is 45.8 Å². The van der Waals surface area contributed by atoms with Gasteiger partial charge < -0.3 is 4.98 Å². The van der Waals surface area contributed by atoms with Crippen molar-refractivity contribution in [2.24, 2.45) is 0 Å². The Morgan fingerprint density at radius 1 is 1.50 bits per heavy atom. The first-order valence-corrected chi connectivity index (χ1v) is 4.05. The van der Waals surface area contributed by atoms with Crippen LogP contribution in [-0.2, 0) is 0 Å². The first-order chi connectivity index (χ1) is 5.77. The Kier molecular flexibility index (Phi) is 1.57. The van der Waals surface area contributed by atoms with Crippen molar-refractivity contribution in [1.29, 1.82) is 0 Å². The van der Waals surface area contributed by atoms with Crippen LogP contribution in [-0.4, -0.2) is 15.8 Å². The zero-order valence-corrected chi connectivity index (χ0v) is 6.92. The Morgan fingerprint density at radius 2 is 2.25 bits per heavy atom. The van der Waals surface area contributed by atoms with Crippen molar-refractivity contribution in [3.8, 4) is 0 Å². The fraction of sp³-hybridized carbons (Fsp3) is 0.333. The number of nitrogens with one attached hydrogen (secondary N) is 1. The van der Waals surface area contributed by atoms with Gasteiger partial charge >= 0.3 is 0 Å². The van der Waals surface area contributed by atoms with Gasteiger partial charge in [-0.15, -0.1) is 0 Å². The molecule has 1 aliphatic rings. The van der Waals surface area contributed by atoms with Crippen LogP contribution in [0.4, 0.5) is 0 Å². The van der Waals surface area contributed by atoms with Gasteiger partial charge in [-0.3, -0.25) is 4.79 Å². The van der Waals surface area contributed by atoms with Gasteiger partial charge in [0.05, 0.1) is 10.7 Å². The van der Waals surface area contributed by atoms with Gasteiger partial charge in [0.15, 0.2) is 11.6 Å². The van der Waals surface area contributed by atoms with Crippen LogP contribution in [0.5, 0.6) is 0 Å². The molecule has 62 valence electrons. The van der Waals surface area contributed by atoms with Gasteiger partial charge in [-0.05, 0) is 12.8 Å². The third kappa shape index (κ3) is 1.07. The average molecular weight is 162 g/mol. The summed E-state index contributed by atoms with van der Waals surface area (Å²) < 4.78 is 0. The second-order valence-corrected chi connectivity index (χ2v) is 2.93. The summed E-state index contributed by atoms with van der Waals surface area (Å²) in [5.41, 5.74) is 0. The number of ketones is 1. The molecule has 0 amide bonds. The number of Topliss-reactive ketones (excluding diaryl/α,β-unsaturated/α-hetero) is 1. The van der Waals surface area contributed by atoms with Crippen molar-refractivity contribution in [2.75, 3.05) is 0 Å². The molecule has 2 rings (SSSR count). The van der Waals surface area contributed by atoms with Crippen molar-refractivity contribution in [2.45, 2.75) is 19.8 Å². The molecule has 0 radical (unpaired) electrons. The predicted octanol–water partition coefficient (Wildman–Crippen LogP) is -0.0329. The zero-order chi connectivity index (χ0) is 8.55. The van der Waals surface area contributed by atoms with E-state index in [1.54, 1.807) is 0 Å². The molecule has 12 heavy (non-hydrogen) atoms. The molecule has 1 heterocycles. The minimum atomic E-state index is -0.00815. The minimum Gasteiger partial charge on any atom is -0.336 e. The van der Waals surface area contributed by atoms with Crippen molar-refractivity contribution in [1.82, 2.24) is 9.97 Å². The summed E-state index contributed by atoms with van der Waals surface area (Å²) in [6, 6.07) is 0. The fourth-order valence-corrected chi connectivity index (χ4v) is 1.33. The molecule has 1 aromatic rings. The quantitative estimate of drug-likeness (QED) is 0.589. The van der Waals surface area contributed by atoms with Gasteiger partial charge in [-0.25, -0.2) is 4.98 Å². The van der Waals surface area contributed by atoms with E-state index >= 15 is 0 Å². The fourth-order valence-electron chi connectivity index (χ4n) is 1.33. The highest BCUT2D eigenvalue weighted by atomic mass is 16.1. The molecular formula is C9H10N2O. The first-order valence-electron chi connectivity index (χ1n) is 4.05. The van der Waals surface area contributed by atoms with E-state index < -0.39 is 0 Å². The lowest BCUT2D eigenvalue weighted by Crippen LogP contribution is -2.26. The largest absolute Gasteiger partial charge is 0.336 e. The first kappa shape index (κ1) is 7.28. The Labute approximate surface area is 69.8 Å². The van der Waals surface area contributed by atoms with E-state index in [1.807, 2.05) is 0 Å². The lowest BCUT2D eigenvalue weighted by atomic mass is 10.2. The normalized spacial score (nSPS) is 14.4. The standard InChI is InChI=1S/C9H10N2O/c1-6(12)9-10-7-4-2-3-5-8(7)11-9/h4-5H,2-3H2,1H3,(H,10,11). The molecule has 1 aliphatic carbocycles. The molecule has 0 saturated heterocycles. The number of rotatable bonds is 1. The van der Waals surface area contributed by atoms with Crippen LogP contribution in [0.1, 0.15) is 30.4 Å². The summed E-state index contributed by atoms with van der Waals surface area (Å²) in [4.78, 5) is 18.1. The lowest BCUT2D eigenvalue weighted by Gasteiger charge is -1.89. The van der Waals surface area contributed by atoms with Crippen LogP contribution in [0.2, 0.25) is 0 Å². The van der Waals surface area contributed by atoms with Crippen molar-refractivity contribution < 1.29 is 4.79 Å². The second kappa shape index (κ2) is 2.59. The van der Waals surface area contributed by atoms with Crippen LogP contribution in [0.3, 0.4) is 0 Å². The van der Waals surface area contributed by atoms with Gasteiger partial charge in [-0.2, -0.15) is 0 Å². The number of aromatic nitrogens is 2. The number of hydrogen-bond acceptors (Lipinski definition) is 2. The SMILES string of the molecule is CC(=O)c1nc2c([nH]1)=CCCC=2. The van der Waals surface area contributed by atoms with Crippen LogP contribution < -0.4 is 10.7 Å². The Bertz CT molecular complexity index is 394. The second-order valence-electron chi connectivity index (χ2n) is 2.93. The third-order valence-electron chi connectivity index (χ3n) is 1.95. The number of aromatic amines is 1. The Morgan fingerprint density at radius 3 is 2.92 bits per heavy atom. The number of carbonyl (C=O) groups excluding carboxylic acids is 1. The molecule has 3 heteroatoms. The smallest absolute Gasteiger partial charge is 0.195 e. The van der Waals surface area contributed by atoms with E-state index in [4.69, 9.17) is 0 Å². The zero-order valence-electron chi connectivity index (χ0n) is 6.92. The van der Waals surface area contributed by atoms with Gasteiger partial charge in [-0.1, -0.05) is 12.2 Å². The highest BCUT2D eigenvalue weighted by Crippen LogP contribution is 1.94. The highest BCUT2D eigenvalue weighted by molar-refractivity contribution is 5.90. The Hall–Kier alpha value is -1.38. The molecule has 0 saturated carbocycles. The summed E-state index contributed by atoms with van der Waals surface area (Å²) in [5, 5.41) is 1.91. The van der Waals surface area contributed by atoms with E-state index in [1.165, 1.54) is 6.92 Å². The molecule has 0 atom stereocenters. The van der Waals surface area contributed by atoms with E-state index in [-0.39, 0.29) is 5.78 Å². The summed E-state index contributed by atoms with van der Waals surface area (Å²) >= 11 is 0. The summed E-state index contributed by atoms with van der Waals surface area (Å²) in [5.74, 6) is 0.459. The van der Waals surface area contributed by atoms with Crippen LogP contribution in [0.25, 0.3) is 12.2 Å². The Balaban J connectivity index is 2.68. The average Bonchev–Trinajstić information content (AvgIpc) is 2.46. The maximum atomic E-state index is 10.9. The van der Waals surface area contributed by atoms with Gasteiger partial charge in [0, 0.05) is 6.92 Å². The molecule has 1 N–H and O–H groups in total. The van der Waals surface area contributed by atoms with E-state index in [0.717, 1.165) is 23.5 Å². The predicted molar refractivity (Wildman–Crippen MR) is 46.0 cm³/mol. The number of nitrogens with zero attached hydrogens (tertiary/aromatic N) is 1. The summed E-state index contributed by atoms with van der Waals surface area (Å²) in [6.45, 7) is 1.52.